The van der Waals surface area contributed by atoms with Gasteiger partial charge in [0.2, 0.25) is 0 Å². The second-order valence-corrected chi connectivity index (χ2v) is 6.64. The normalized spacial score (nSPS) is 13.4. The molecule has 2 aliphatic heterocycles. The van der Waals surface area contributed by atoms with Gasteiger partial charge in [-0.2, -0.15) is 0 Å². The highest BCUT2D eigenvalue weighted by Crippen LogP contribution is 2.56. The molecule has 0 amide bonds. The topological polar surface area (TPSA) is 191 Å². The third-order valence-corrected chi connectivity index (χ3v) is 4.68. The Labute approximate surface area is 184 Å². The highest BCUT2D eigenvalue weighted by atomic mass is 16.6. The number of aromatic hydroxyl groups is 2. The Balaban J connectivity index is 0.000000335. The summed E-state index contributed by atoms with van der Waals surface area (Å²) in [6, 6.07) is 16.6. The molecule has 3 aromatic rings. The van der Waals surface area contributed by atoms with Gasteiger partial charge in [0.25, 0.3) is 0 Å². The number of phenolic OH excluding ortho intramolecular Hbond substituents is 2. The van der Waals surface area contributed by atoms with Crippen LogP contribution in [0.25, 0.3) is 0 Å². The fourth-order valence-corrected chi connectivity index (χ4v) is 3.65. The van der Waals surface area contributed by atoms with E-state index in [9.17, 15) is 15.0 Å². The van der Waals surface area contributed by atoms with Crippen LogP contribution in [-0.4, -0.2) is 48.9 Å². The van der Waals surface area contributed by atoms with E-state index >= 15 is 0 Å². The van der Waals surface area contributed by atoms with E-state index in [1.54, 1.807) is 24.3 Å². The molecular formula is C22H16O11. The zero-order valence-electron chi connectivity index (χ0n) is 16.5. The van der Waals surface area contributed by atoms with Gasteiger partial charge in [-0.25, -0.2) is 14.4 Å². The molecule has 2 heterocycles. The fourth-order valence-electron chi connectivity index (χ4n) is 3.65. The van der Waals surface area contributed by atoms with Crippen molar-refractivity contribution in [2.24, 2.45) is 0 Å². The molecule has 0 unspecified atom stereocenters. The summed E-state index contributed by atoms with van der Waals surface area (Å²) in [6.45, 7) is 0. The van der Waals surface area contributed by atoms with Crippen molar-refractivity contribution in [1.29, 1.82) is 0 Å². The quantitative estimate of drug-likeness (QED) is 0.267. The highest BCUT2D eigenvalue weighted by molar-refractivity contribution is 5.97. The number of benzene rings is 3. The number of carbonyl (C=O) groups excluding carboxylic acids is 1. The molecule has 6 N–H and O–H groups in total. The number of esters is 1. The lowest BCUT2D eigenvalue weighted by Crippen LogP contribution is -2.32. The van der Waals surface area contributed by atoms with Crippen molar-refractivity contribution in [3.63, 3.8) is 0 Å². The van der Waals surface area contributed by atoms with Crippen LogP contribution in [0.1, 0.15) is 27.0 Å². The van der Waals surface area contributed by atoms with Crippen LogP contribution >= 0.6 is 0 Å². The van der Waals surface area contributed by atoms with Gasteiger partial charge in [0.1, 0.15) is 23.0 Å². The summed E-state index contributed by atoms with van der Waals surface area (Å²) < 4.78 is 11.8. The van der Waals surface area contributed by atoms with Crippen molar-refractivity contribution in [1.82, 2.24) is 0 Å². The average Bonchev–Trinajstić information content (AvgIpc) is 3.00. The maximum absolute atomic E-state index is 12.5. The van der Waals surface area contributed by atoms with Crippen molar-refractivity contribution >= 4 is 18.3 Å². The Hall–Kier alpha value is -4.93. The summed E-state index contributed by atoms with van der Waals surface area (Å²) in [5.41, 5.74) is 1.28. The number of fused-ring (bicyclic) bond motifs is 6. The molecule has 0 aromatic heterocycles. The predicted octanol–water partition coefficient (Wildman–Crippen LogP) is 4.11. The van der Waals surface area contributed by atoms with E-state index in [1.165, 1.54) is 24.3 Å². The summed E-state index contributed by atoms with van der Waals surface area (Å²) in [7, 11) is 0. The maximum atomic E-state index is 12.5. The Bertz CT molecular complexity index is 1180. The monoisotopic (exact) mass is 456 g/mol. The van der Waals surface area contributed by atoms with Gasteiger partial charge in [-0.3, -0.25) is 0 Å². The Morgan fingerprint density at radius 3 is 1.64 bits per heavy atom. The van der Waals surface area contributed by atoms with Gasteiger partial charge in [0, 0.05) is 28.8 Å². The lowest BCUT2D eigenvalue weighted by atomic mass is 9.77. The molecule has 0 radical (unpaired) electrons. The number of hydrogen-bond donors (Lipinski definition) is 6. The zero-order chi connectivity index (χ0) is 24.3. The highest BCUT2D eigenvalue weighted by Gasteiger charge is 2.53. The first kappa shape index (κ1) is 22.7. The smallest absolute Gasteiger partial charge is 0.503 e. The van der Waals surface area contributed by atoms with E-state index in [1.807, 2.05) is 12.1 Å². The first-order valence-electron chi connectivity index (χ1n) is 9.07. The second kappa shape index (κ2) is 8.67. The number of hydrogen-bond acceptors (Lipinski definition) is 7. The molecule has 3 aromatic carbocycles. The molecule has 11 heteroatoms. The van der Waals surface area contributed by atoms with Gasteiger partial charge in [0.05, 0.1) is 5.56 Å². The van der Waals surface area contributed by atoms with Crippen molar-refractivity contribution in [3.8, 4) is 23.0 Å². The summed E-state index contributed by atoms with van der Waals surface area (Å²) >= 11 is 0. The van der Waals surface area contributed by atoms with Crippen molar-refractivity contribution in [3.05, 3.63) is 82.9 Å². The number of phenols is 2. The van der Waals surface area contributed by atoms with E-state index in [-0.39, 0.29) is 11.5 Å². The molecule has 0 aliphatic carbocycles. The number of carbonyl (C=O) groups is 3. The summed E-state index contributed by atoms with van der Waals surface area (Å²) in [5, 5.41) is 47.6. The number of rotatable bonds is 0. The van der Waals surface area contributed by atoms with Gasteiger partial charge in [-0.1, -0.05) is 18.2 Å². The van der Waals surface area contributed by atoms with Gasteiger partial charge in [-0.15, -0.1) is 0 Å². The first-order valence-corrected chi connectivity index (χ1v) is 9.07. The minimum absolute atomic E-state index is 0.0371. The molecule has 0 fully saturated rings. The number of ether oxygens (including phenoxy) is 2. The zero-order valence-corrected chi connectivity index (χ0v) is 16.5. The van der Waals surface area contributed by atoms with Crippen molar-refractivity contribution in [2.45, 2.75) is 5.60 Å². The third-order valence-electron chi connectivity index (χ3n) is 4.68. The van der Waals surface area contributed by atoms with Gasteiger partial charge >= 0.3 is 18.3 Å². The SMILES string of the molecule is O=C(O)O.O=C(O)O.O=C1OC2(c3ccc(O)cc3Oc3cc(O)ccc32)c2ccccc21. The molecular weight excluding hydrogens is 440 g/mol. The molecule has 0 bridgehead atoms. The van der Waals surface area contributed by atoms with Gasteiger partial charge in [-0.05, 0) is 30.3 Å². The Morgan fingerprint density at radius 2 is 1.15 bits per heavy atom. The van der Waals surface area contributed by atoms with Crippen LogP contribution in [0.2, 0.25) is 0 Å². The average molecular weight is 456 g/mol. The minimum atomic E-state index is -1.83. The van der Waals surface area contributed by atoms with Gasteiger partial charge < -0.3 is 40.1 Å². The van der Waals surface area contributed by atoms with E-state index in [4.69, 9.17) is 39.5 Å². The Morgan fingerprint density at radius 1 is 0.697 bits per heavy atom. The standard InChI is InChI=1S/C20H12O5.2CH2O3/c21-11-5-7-15-17(9-11)24-18-10-12(22)6-8-16(18)20(15)14-4-2-1-3-13(14)19(23)25-20;2*2-1(3)4/h1-10,21-22H;2*(H2,2,3,4). The van der Waals surface area contributed by atoms with Crippen LogP contribution < -0.4 is 4.74 Å². The van der Waals surface area contributed by atoms with Crippen LogP contribution in [0.5, 0.6) is 23.0 Å². The van der Waals surface area contributed by atoms with Crippen molar-refractivity contribution in [2.75, 3.05) is 0 Å². The molecule has 5 rings (SSSR count). The third kappa shape index (κ3) is 4.28. The molecule has 2 aliphatic rings. The summed E-state index contributed by atoms with van der Waals surface area (Å²) in [4.78, 5) is 29.6. The lowest BCUT2D eigenvalue weighted by Gasteiger charge is -2.36. The van der Waals surface area contributed by atoms with E-state index in [0.29, 0.717) is 33.8 Å². The molecule has 0 saturated heterocycles. The fraction of sp³-hybridized carbons (Fsp3) is 0.0455. The van der Waals surface area contributed by atoms with Gasteiger partial charge in [0.15, 0.2) is 5.60 Å². The first-order chi connectivity index (χ1) is 15.6. The van der Waals surface area contributed by atoms with Crippen LogP contribution in [0, 0.1) is 0 Å². The van der Waals surface area contributed by atoms with Crippen molar-refractivity contribution < 1.29 is 54.5 Å². The second-order valence-electron chi connectivity index (χ2n) is 6.64. The van der Waals surface area contributed by atoms with Crippen LogP contribution in [0.4, 0.5) is 9.59 Å². The molecule has 33 heavy (non-hydrogen) atoms. The molecule has 170 valence electrons. The van der Waals surface area contributed by atoms with Crippen LogP contribution in [-0.2, 0) is 10.3 Å². The van der Waals surface area contributed by atoms with E-state index < -0.39 is 23.9 Å². The largest absolute Gasteiger partial charge is 0.508 e. The molecule has 11 nitrogen and oxygen atoms in total. The number of carboxylic acid groups (broad SMARTS) is 4. The van der Waals surface area contributed by atoms with E-state index in [2.05, 4.69) is 0 Å². The van der Waals surface area contributed by atoms with Crippen LogP contribution in [0.3, 0.4) is 0 Å². The molecule has 0 saturated carbocycles. The lowest BCUT2D eigenvalue weighted by molar-refractivity contribution is 0.0224. The maximum Gasteiger partial charge on any atom is 0.503 e. The summed E-state index contributed by atoms with van der Waals surface area (Å²) in [5.74, 6) is 0.408. The van der Waals surface area contributed by atoms with E-state index in [0.717, 1.165) is 0 Å². The minimum Gasteiger partial charge on any atom is -0.508 e. The molecule has 1 spiro atoms. The molecule has 0 atom stereocenters. The Kier molecular flexibility index (Phi) is 5.98. The summed E-state index contributed by atoms with van der Waals surface area (Å²) in [6.07, 6.45) is -3.67. The van der Waals surface area contributed by atoms with Crippen LogP contribution in [0.15, 0.2) is 60.7 Å². The predicted molar refractivity (Wildman–Crippen MR) is 109 cm³/mol.